The van der Waals surface area contributed by atoms with E-state index in [-0.39, 0.29) is 21.2 Å². The van der Waals surface area contributed by atoms with E-state index < -0.39 is 11.6 Å². The second kappa shape index (κ2) is 5.43. The molecule has 20 heavy (non-hydrogen) atoms. The Balaban J connectivity index is 2.52. The van der Waals surface area contributed by atoms with E-state index in [1.54, 1.807) is 13.8 Å². The summed E-state index contributed by atoms with van der Waals surface area (Å²) >= 11 is 0.722. The first-order valence-electron chi connectivity index (χ1n) is 5.60. The predicted molar refractivity (Wildman–Crippen MR) is 71.1 cm³/mol. The van der Waals surface area contributed by atoms with Crippen molar-refractivity contribution in [2.24, 2.45) is 0 Å². The van der Waals surface area contributed by atoms with E-state index in [0.717, 1.165) is 23.9 Å². The van der Waals surface area contributed by atoms with Gasteiger partial charge in [0, 0.05) is 5.69 Å². The fraction of sp³-hybridized carbons (Fsp3) is 0.154. The van der Waals surface area contributed by atoms with Crippen LogP contribution in [0.5, 0.6) is 0 Å². The summed E-state index contributed by atoms with van der Waals surface area (Å²) in [5.74, 6) is -1.59. The van der Waals surface area contributed by atoms with Gasteiger partial charge in [-0.3, -0.25) is 0 Å². The Morgan fingerprint density at radius 3 is 2.35 bits per heavy atom. The minimum atomic E-state index is -0.795. The van der Waals surface area contributed by atoms with Gasteiger partial charge in [0.15, 0.2) is 0 Å². The molecule has 0 aliphatic carbocycles. The van der Waals surface area contributed by atoms with Gasteiger partial charge >= 0.3 is 0 Å². The van der Waals surface area contributed by atoms with Gasteiger partial charge in [0.25, 0.3) is 0 Å². The van der Waals surface area contributed by atoms with Crippen molar-refractivity contribution in [2.75, 3.05) is 5.73 Å². The minimum absolute atomic E-state index is 0.00368. The van der Waals surface area contributed by atoms with Gasteiger partial charge in [-0.05, 0) is 31.5 Å². The topological polar surface area (TPSA) is 75.6 Å². The maximum Gasteiger partial charge on any atom is 0.142 e. The highest BCUT2D eigenvalue weighted by Crippen LogP contribution is 2.34. The Morgan fingerprint density at radius 2 is 1.80 bits per heavy atom. The molecule has 0 saturated carbocycles. The molecule has 2 aromatic rings. The largest absolute Gasteiger partial charge is 0.399 e. The van der Waals surface area contributed by atoms with Gasteiger partial charge in [-0.1, -0.05) is 11.8 Å². The van der Waals surface area contributed by atoms with Gasteiger partial charge in [0.1, 0.15) is 22.7 Å². The molecule has 2 N–H and O–H groups in total. The molecule has 1 aromatic heterocycles. The number of nitrogens with two attached hydrogens (primary N) is 1. The number of nitrogens with zero attached hydrogens (tertiary/aromatic N) is 3. The number of aromatic nitrogens is 2. The molecule has 0 atom stereocenters. The Labute approximate surface area is 118 Å². The summed E-state index contributed by atoms with van der Waals surface area (Å²) in [7, 11) is 0. The van der Waals surface area contributed by atoms with E-state index in [1.165, 1.54) is 0 Å². The molecular weight excluding hydrogens is 282 g/mol. The molecule has 102 valence electrons. The fourth-order valence-corrected chi connectivity index (χ4v) is 2.45. The number of hydrogen-bond acceptors (Lipinski definition) is 5. The summed E-state index contributed by atoms with van der Waals surface area (Å²) in [4.78, 5) is -0.256. The SMILES string of the molecule is Cc1nnc(Sc2c(F)cc(N)cc2F)c(C#N)c1C. The smallest absolute Gasteiger partial charge is 0.142 e. The number of nitriles is 1. The molecule has 0 amide bonds. The van der Waals surface area contributed by atoms with Crippen LogP contribution in [0.3, 0.4) is 0 Å². The van der Waals surface area contributed by atoms with Crippen LogP contribution in [0.25, 0.3) is 0 Å². The number of hydrogen-bond donors (Lipinski definition) is 1. The lowest BCUT2D eigenvalue weighted by Gasteiger charge is -2.08. The molecule has 1 aromatic carbocycles. The lowest BCUT2D eigenvalue weighted by Crippen LogP contribution is -2.00. The maximum absolute atomic E-state index is 13.7. The summed E-state index contributed by atoms with van der Waals surface area (Å²) in [6.07, 6.45) is 0. The Hall–Kier alpha value is -2.20. The van der Waals surface area contributed by atoms with Gasteiger partial charge in [0.05, 0.1) is 16.2 Å². The van der Waals surface area contributed by atoms with E-state index >= 15 is 0 Å². The number of halogens is 2. The second-order valence-corrected chi connectivity index (χ2v) is 5.12. The first-order chi connectivity index (χ1) is 9.43. The summed E-state index contributed by atoms with van der Waals surface area (Å²) in [5.41, 5.74) is 6.85. The third-order valence-corrected chi connectivity index (χ3v) is 3.83. The molecule has 0 spiro atoms. The number of benzene rings is 1. The molecule has 1 heterocycles. The molecule has 0 unspecified atom stereocenters. The quantitative estimate of drug-likeness (QED) is 0.861. The van der Waals surface area contributed by atoms with Crippen LogP contribution in [0.2, 0.25) is 0 Å². The number of anilines is 1. The lowest BCUT2D eigenvalue weighted by atomic mass is 10.1. The van der Waals surface area contributed by atoms with E-state index in [1.807, 2.05) is 6.07 Å². The molecule has 4 nitrogen and oxygen atoms in total. The standard InChI is InChI=1S/C13H10F2N4S/c1-6-7(2)18-19-13(9(6)5-16)20-12-10(14)3-8(17)4-11(12)15/h3-4H,17H2,1-2H3. The first-order valence-corrected chi connectivity index (χ1v) is 6.42. The maximum atomic E-state index is 13.7. The second-order valence-electron chi connectivity index (χ2n) is 4.12. The molecule has 2 rings (SSSR count). The van der Waals surface area contributed by atoms with Crippen LogP contribution in [-0.4, -0.2) is 10.2 Å². The predicted octanol–water partition coefficient (Wildman–Crippen LogP) is 2.98. The molecule has 0 aliphatic rings. The van der Waals surface area contributed by atoms with Crippen LogP contribution in [0.4, 0.5) is 14.5 Å². The summed E-state index contributed by atoms with van der Waals surface area (Å²) in [5, 5.41) is 17.0. The molecule has 0 radical (unpaired) electrons. The van der Waals surface area contributed by atoms with Crippen LogP contribution >= 0.6 is 11.8 Å². The van der Waals surface area contributed by atoms with Crippen LogP contribution < -0.4 is 5.73 Å². The lowest BCUT2D eigenvalue weighted by molar-refractivity contribution is 0.541. The zero-order valence-corrected chi connectivity index (χ0v) is 11.6. The highest BCUT2D eigenvalue weighted by molar-refractivity contribution is 7.99. The van der Waals surface area contributed by atoms with Gasteiger partial charge in [-0.2, -0.15) is 10.4 Å². The zero-order valence-electron chi connectivity index (χ0n) is 10.7. The average Bonchev–Trinajstić information content (AvgIpc) is 2.38. The normalized spacial score (nSPS) is 10.3. The van der Waals surface area contributed by atoms with Crippen LogP contribution in [0.15, 0.2) is 22.1 Å². The third kappa shape index (κ3) is 2.56. The van der Waals surface area contributed by atoms with Crippen LogP contribution in [0, 0.1) is 36.8 Å². The van der Waals surface area contributed by atoms with Gasteiger partial charge in [0.2, 0.25) is 0 Å². The van der Waals surface area contributed by atoms with E-state index in [0.29, 0.717) is 11.3 Å². The molecule has 0 bridgehead atoms. The Kier molecular flexibility index (Phi) is 3.86. The molecular formula is C13H10F2N4S. The van der Waals surface area contributed by atoms with Crippen LogP contribution in [0.1, 0.15) is 16.8 Å². The monoisotopic (exact) mass is 292 g/mol. The van der Waals surface area contributed by atoms with E-state index in [9.17, 15) is 8.78 Å². The molecule has 0 saturated heterocycles. The molecule has 7 heteroatoms. The fourth-order valence-electron chi connectivity index (χ4n) is 1.56. The van der Waals surface area contributed by atoms with Crippen molar-refractivity contribution < 1.29 is 8.78 Å². The summed E-state index contributed by atoms with van der Waals surface area (Å²) in [6.45, 7) is 3.42. The van der Waals surface area contributed by atoms with Gasteiger partial charge in [-0.25, -0.2) is 8.78 Å². The van der Waals surface area contributed by atoms with Crippen LogP contribution in [-0.2, 0) is 0 Å². The van der Waals surface area contributed by atoms with Crippen molar-refractivity contribution in [1.29, 1.82) is 5.26 Å². The van der Waals surface area contributed by atoms with Crippen molar-refractivity contribution >= 4 is 17.4 Å². The zero-order chi connectivity index (χ0) is 14.9. The first kappa shape index (κ1) is 14.2. The Morgan fingerprint density at radius 1 is 1.20 bits per heavy atom. The number of aryl methyl sites for hydroxylation is 1. The summed E-state index contributed by atoms with van der Waals surface area (Å²) in [6, 6.07) is 4.02. The molecule has 0 fully saturated rings. The average molecular weight is 292 g/mol. The number of nitrogen functional groups attached to an aromatic ring is 1. The highest BCUT2D eigenvalue weighted by atomic mass is 32.2. The molecule has 0 aliphatic heterocycles. The van der Waals surface area contributed by atoms with E-state index in [2.05, 4.69) is 10.2 Å². The van der Waals surface area contributed by atoms with E-state index in [4.69, 9.17) is 11.0 Å². The van der Waals surface area contributed by atoms with Gasteiger partial charge in [-0.15, -0.1) is 5.10 Å². The van der Waals surface area contributed by atoms with Crippen molar-refractivity contribution in [3.05, 3.63) is 40.6 Å². The van der Waals surface area contributed by atoms with Crippen molar-refractivity contribution in [3.8, 4) is 6.07 Å². The minimum Gasteiger partial charge on any atom is -0.399 e. The van der Waals surface area contributed by atoms with Crippen molar-refractivity contribution in [2.45, 2.75) is 23.8 Å². The summed E-state index contributed by atoms with van der Waals surface area (Å²) < 4.78 is 27.5. The van der Waals surface area contributed by atoms with Crippen molar-refractivity contribution in [3.63, 3.8) is 0 Å². The third-order valence-electron chi connectivity index (χ3n) is 2.75. The number of rotatable bonds is 2. The van der Waals surface area contributed by atoms with Crippen molar-refractivity contribution in [1.82, 2.24) is 10.2 Å². The Bertz CT molecular complexity index is 702. The highest BCUT2D eigenvalue weighted by Gasteiger charge is 2.17. The van der Waals surface area contributed by atoms with Gasteiger partial charge < -0.3 is 5.73 Å².